The van der Waals surface area contributed by atoms with Crippen LogP contribution in [0.25, 0.3) is 6.08 Å². The molecule has 0 saturated heterocycles. The summed E-state index contributed by atoms with van der Waals surface area (Å²) in [5.74, 6) is -1.08. The molecule has 2 aromatic rings. The third-order valence-electron chi connectivity index (χ3n) is 4.05. The Kier molecular flexibility index (Phi) is 7.07. The number of para-hydroxylation sites is 1. The maximum Gasteiger partial charge on any atom is 0.344 e. The van der Waals surface area contributed by atoms with Gasteiger partial charge in [0.1, 0.15) is 5.57 Å². The standard InChI is InChI=1S/C22H20ClNO5S/c1-3-28-16-11-13(10-15(23)19(16)25)12-17-20(26)18(22(27)29-4-2)21(30-17)24-14-8-6-5-7-9-14/h5-12,24-25H,3-4H2,1-2H3/b17-12-. The number of nitrogens with one attached hydrogen (secondary N) is 1. The summed E-state index contributed by atoms with van der Waals surface area (Å²) in [6, 6.07) is 12.3. The quantitative estimate of drug-likeness (QED) is 0.353. The molecule has 0 saturated carbocycles. The number of phenols is 1. The number of allylic oxidation sites excluding steroid dienone is 1. The lowest BCUT2D eigenvalue weighted by Gasteiger charge is -2.09. The molecule has 0 aromatic heterocycles. The van der Waals surface area contributed by atoms with Gasteiger partial charge in [0.15, 0.2) is 11.5 Å². The van der Waals surface area contributed by atoms with Gasteiger partial charge in [0.2, 0.25) is 5.78 Å². The van der Waals surface area contributed by atoms with Crippen LogP contribution in [0.2, 0.25) is 5.02 Å². The van der Waals surface area contributed by atoms with Gasteiger partial charge in [-0.05, 0) is 49.8 Å². The molecule has 2 N–H and O–H groups in total. The molecule has 0 spiro atoms. The molecule has 156 valence electrons. The van der Waals surface area contributed by atoms with E-state index in [4.69, 9.17) is 21.1 Å². The van der Waals surface area contributed by atoms with Crippen LogP contribution in [0, 0.1) is 0 Å². The van der Waals surface area contributed by atoms with Crippen LogP contribution in [0.5, 0.6) is 11.5 Å². The van der Waals surface area contributed by atoms with Gasteiger partial charge in [-0.1, -0.05) is 41.6 Å². The van der Waals surface area contributed by atoms with E-state index in [0.29, 0.717) is 22.1 Å². The first-order valence-corrected chi connectivity index (χ1v) is 10.5. The zero-order valence-corrected chi connectivity index (χ0v) is 18.0. The fourth-order valence-electron chi connectivity index (χ4n) is 2.75. The largest absolute Gasteiger partial charge is 0.503 e. The van der Waals surface area contributed by atoms with Crippen LogP contribution >= 0.6 is 23.4 Å². The number of benzene rings is 2. The van der Waals surface area contributed by atoms with Crippen molar-refractivity contribution in [3.8, 4) is 11.5 Å². The van der Waals surface area contributed by atoms with E-state index in [2.05, 4.69) is 5.32 Å². The lowest BCUT2D eigenvalue weighted by atomic mass is 10.1. The van der Waals surface area contributed by atoms with Crippen LogP contribution in [0.4, 0.5) is 5.69 Å². The second kappa shape index (κ2) is 9.73. The number of ether oxygens (including phenoxy) is 2. The van der Waals surface area contributed by atoms with Crippen LogP contribution in [-0.2, 0) is 14.3 Å². The van der Waals surface area contributed by atoms with E-state index in [1.54, 1.807) is 26.0 Å². The number of hydrogen-bond acceptors (Lipinski definition) is 7. The lowest BCUT2D eigenvalue weighted by molar-refractivity contribution is -0.139. The van der Waals surface area contributed by atoms with E-state index >= 15 is 0 Å². The van der Waals surface area contributed by atoms with Gasteiger partial charge < -0.3 is 19.9 Å². The van der Waals surface area contributed by atoms with Crippen molar-refractivity contribution in [3.63, 3.8) is 0 Å². The first-order chi connectivity index (χ1) is 14.4. The van der Waals surface area contributed by atoms with Crippen LogP contribution in [-0.4, -0.2) is 30.1 Å². The van der Waals surface area contributed by atoms with Crippen molar-refractivity contribution in [2.24, 2.45) is 0 Å². The Morgan fingerprint density at radius 1 is 1.20 bits per heavy atom. The van der Waals surface area contributed by atoms with Gasteiger partial charge in [0.25, 0.3) is 0 Å². The minimum absolute atomic E-state index is 0.0492. The Bertz CT molecular complexity index is 1030. The Morgan fingerprint density at radius 2 is 1.93 bits per heavy atom. The minimum Gasteiger partial charge on any atom is -0.503 e. The number of anilines is 1. The zero-order chi connectivity index (χ0) is 21.7. The molecule has 1 heterocycles. The number of ketones is 1. The molecule has 6 nitrogen and oxygen atoms in total. The van der Waals surface area contributed by atoms with Crippen molar-refractivity contribution in [2.75, 3.05) is 18.5 Å². The lowest BCUT2D eigenvalue weighted by Crippen LogP contribution is -2.16. The summed E-state index contributed by atoms with van der Waals surface area (Å²) in [7, 11) is 0. The van der Waals surface area contributed by atoms with Crippen molar-refractivity contribution in [1.29, 1.82) is 0 Å². The molecule has 0 atom stereocenters. The first kappa shape index (κ1) is 21.8. The molecule has 0 bridgehead atoms. The fourth-order valence-corrected chi connectivity index (χ4v) is 4.03. The van der Waals surface area contributed by atoms with Gasteiger partial charge >= 0.3 is 5.97 Å². The predicted molar refractivity (Wildman–Crippen MR) is 119 cm³/mol. The molecule has 1 aliphatic heterocycles. The number of halogens is 1. The van der Waals surface area contributed by atoms with E-state index < -0.39 is 11.8 Å². The normalized spacial score (nSPS) is 14.9. The summed E-state index contributed by atoms with van der Waals surface area (Å²) in [5, 5.41) is 13.6. The maximum atomic E-state index is 13.0. The number of Topliss-reactive ketones (excluding diaryl/α,β-unsaturated/α-hetero) is 1. The van der Waals surface area contributed by atoms with Crippen molar-refractivity contribution in [1.82, 2.24) is 0 Å². The molecule has 30 heavy (non-hydrogen) atoms. The average Bonchev–Trinajstić information content (AvgIpc) is 3.01. The summed E-state index contributed by atoms with van der Waals surface area (Å²) in [5.41, 5.74) is 1.25. The monoisotopic (exact) mass is 445 g/mol. The molecule has 0 fully saturated rings. The Labute approximate surface area is 183 Å². The zero-order valence-electron chi connectivity index (χ0n) is 16.4. The highest BCUT2D eigenvalue weighted by molar-refractivity contribution is 8.08. The third kappa shape index (κ3) is 4.80. The minimum atomic E-state index is -0.685. The number of aromatic hydroxyl groups is 1. The van der Waals surface area contributed by atoms with Crippen LogP contribution in [0.15, 0.2) is 58.0 Å². The molecule has 1 aliphatic rings. The number of rotatable bonds is 7. The van der Waals surface area contributed by atoms with Crippen LogP contribution in [0.1, 0.15) is 19.4 Å². The molecule has 3 rings (SSSR count). The number of esters is 1. The third-order valence-corrected chi connectivity index (χ3v) is 5.37. The van der Waals surface area contributed by atoms with Gasteiger partial charge in [0, 0.05) is 5.69 Å². The molecule has 2 aromatic carbocycles. The molecule has 0 radical (unpaired) electrons. The van der Waals surface area contributed by atoms with Crippen molar-refractivity contribution >= 4 is 46.9 Å². The first-order valence-electron chi connectivity index (χ1n) is 9.27. The SMILES string of the molecule is CCOC(=O)C1=C(Nc2ccccc2)S/C(=C\c2cc(Cl)c(O)c(OCC)c2)C1=O. The van der Waals surface area contributed by atoms with Gasteiger partial charge in [-0.2, -0.15) is 0 Å². The maximum absolute atomic E-state index is 13.0. The number of phenolic OH excluding ortho intramolecular Hbond substituents is 1. The van der Waals surface area contributed by atoms with E-state index in [0.717, 1.165) is 17.4 Å². The molecule has 8 heteroatoms. The molecular weight excluding hydrogens is 426 g/mol. The van der Waals surface area contributed by atoms with Crippen LogP contribution < -0.4 is 10.1 Å². The number of hydrogen-bond donors (Lipinski definition) is 2. The molecular formula is C22H20ClNO5S. The van der Waals surface area contributed by atoms with E-state index in [-0.39, 0.29) is 28.7 Å². The van der Waals surface area contributed by atoms with E-state index in [9.17, 15) is 14.7 Å². The number of carbonyl (C=O) groups excluding carboxylic acids is 2. The highest BCUT2D eigenvalue weighted by Crippen LogP contribution is 2.42. The van der Waals surface area contributed by atoms with Gasteiger partial charge in [-0.15, -0.1) is 0 Å². The topological polar surface area (TPSA) is 84.9 Å². The van der Waals surface area contributed by atoms with Gasteiger partial charge in [-0.25, -0.2) is 4.79 Å². The molecule has 0 aliphatic carbocycles. The second-order valence-corrected chi connectivity index (χ2v) is 7.60. The second-order valence-electron chi connectivity index (χ2n) is 6.14. The predicted octanol–water partition coefficient (Wildman–Crippen LogP) is 4.99. The van der Waals surface area contributed by atoms with E-state index in [1.165, 1.54) is 6.07 Å². The summed E-state index contributed by atoms with van der Waals surface area (Å²) in [6.45, 7) is 3.96. The van der Waals surface area contributed by atoms with Gasteiger partial charge in [0.05, 0.1) is 28.2 Å². The van der Waals surface area contributed by atoms with Crippen molar-refractivity contribution in [3.05, 3.63) is 68.6 Å². The van der Waals surface area contributed by atoms with Gasteiger partial charge in [-0.3, -0.25) is 4.79 Å². The Morgan fingerprint density at radius 3 is 2.60 bits per heavy atom. The molecule has 0 unspecified atom stereocenters. The molecule has 0 amide bonds. The Balaban J connectivity index is 1.97. The van der Waals surface area contributed by atoms with Crippen molar-refractivity contribution in [2.45, 2.75) is 13.8 Å². The summed E-state index contributed by atoms with van der Waals surface area (Å²) in [6.07, 6.45) is 1.60. The highest BCUT2D eigenvalue weighted by atomic mass is 35.5. The fraction of sp³-hybridized carbons (Fsp3) is 0.182. The Hall–Kier alpha value is -2.90. The summed E-state index contributed by atoms with van der Waals surface area (Å²) >= 11 is 7.22. The average molecular weight is 446 g/mol. The van der Waals surface area contributed by atoms with Crippen LogP contribution in [0.3, 0.4) is 0 Å². The summed E-state index contributed by atoms with van der Waals surface area (Å²) < 4.78 is 10.5. The number of thioether (sulfide) groups is 1. The van der Waals surface area contributed by atoms with E-state index in [1.807, 2.05) is 30.3 Å². The number of carbonyl (C=O) groups is 2. The smallest absolute Gasteiger partial charge is 0.344 e. The highest BCUT2D eigenvalue weighted by Gasteiger charge is 2.35. The summed E-state index contributed by atoms with van der Waals surface area (Å²) in [4.78, 5) is 25.7. The van der Waals surface area contributed by atoms with Crippen molar-refractivity contribution < 1.29 is 24.2 Å².